The van der Waals surface area contributed by atoms with Crippen LogP contribution in [0.2, 0.25) is 19.1 Å². The summed E-state index contributed by atoms with van der Waals surface area (Å²) in [6.45, 7) is 6.91. The molecule has 0 bridgehead atoms. The maximum atomic E-state index is 5.71. The Bertz CT molecular complexity index is 272. The SMILES string of the molecule is CC(C[Si](C)(C)O[SiH3])c1ccccc1. The second-order valence-electron chi connectivity index (χ2n) is 4.48. The third-order valence-electron chi connectivity index (χ3n) is 2.72. The van der Waals surface area contributed by atoms with Gasteiger partial charge in [-0.2, -0.15) is 0 Å². The minimum Gasteiger partial charge on any atom is -0.463 e. The first-order chi connectivity index (χ1) is 6.55. The van der Waals surface area contributed by atoms with Crippen LogP contribution in [-0.2, 0) is 4.12 Å². The minimum atomic E-state index is -1.36. The van der Waals surface area contributed by atoms with Crippen molar-refractivity contribution in [3.05, 3.63) is 35.9 Å². The Morgan fingerprint density at radius 1 is 1.29 bits per heavy atom. The molecule has 14 heavy (non-hydrogen) atoms. The molecule has 1 unspecified atom stereocenters. The lowest BCUT2D eigenvalue weighted by molar-refractivity contribution is 0.593. The van der Waals surface area contributed by atoms with Gasteiger partial charge in [-0.05, 0) is 30.6 Å². The molecule has 0 radical (unpaired) electrons. The van der Waals surface area contributed by atoms with Crippen LogP contribution < -0.4 is 0 Å². The second-order valence-corrected chi connectivity index (χ2v) is 10.0. The zero-order chi connectivity index (χ0) is 10.6. The van der Waals surface area contributed by atoms with Crippen LogP contribution in [0.25, 0.3) is 0 Å². The van der Waals surface area contributed by atoms with E-state index < -0.39 is 8.32 Å². The van der Waals surface area contributed by atoms with Gasteiger partial charge in [-0.3, -0.25) is 0 Å². The summed E-state index contributed by atoms with van der Waals surface area (Å²) in [7, 11) is -0.484. The van der Waals surface area contributed by atoms with Crippen molar-refractivity contribution in [3.8, 4) is 0 Å². The lowest BCUT2D eigenvalue weighted by Crippen LogP contribution is -2.30. The maximum Gasteiger partial charge on any atom is 0.173 e. The summed E-state index contributed by atoms with van der Waals surface area (Å²) in [4.78, 5) is 0. The topological polar surface area (TPSA) is 9.23 Å². The van der Waals surface area contributed by atoms with Crippen molar-refractivity contribution in [1.29, 1.82) is 0 Å². The number of rotatable bonds is 4. The van der Waals surface area contributed by atoms with Crippen molar-refractivity contribution in [2.45, 2.75) is 32.0 Å². The number of benzene rings is 1. The predicted octanol–water partition coefficient (Wildman–Crippen LogP) is 2.29. The van der Waals surface area contributed by atoms with Gasteiger partial charge < -0.3 is 4.12 Å². The Morgan fingerprint density at radius 2 is 1.86 bits per heavy atom. The highest BCUT2D eigenvalue weighted by Crippen LogP contribution is 2.25. The fourth-order valence-corrected chi connectivity index (χ4v) is 4.10. The Balaban J connectivity index is 2.64. The van der Waals surface area contributed by atoms with E-state index in [0.29, 0.717) is 5.92 Å². The lowest BCUT2D eigenvalue weighted by atomic mass is 10.0. The Kier molecular flexibility index (Phi) is 4.10. The average molecular weight is 224 g/mol. The normalized spacial score (nSPS) is 14.2. The van der Waals surface area contributed by atoms with E-state index in [-0.39, 0.29) is 0 Å². The molecule has 3 heteroatoms. The van der Waals surface area contributed by atoms with Crippen LogP contribution in [0, 0.1) is 0 Å². The van der Waals surface area contributed by atoms with Crippen LogP contribution in [0.4, 0.5) is 0 Å². The fraction of sp³-hybridized carbons (Fsp3) is 0.455. The Labute approximate surface area is 91.2 Å². The third-order valence-corrected chi connectivity index (χ3v) is 8.74. The van der Waals surface area contributed by atoms with Crippen LogP contribution in [0.5, 0.6) is 0 Å². The molecule has 0 aliphatic carbocycles. The minimum absolute atomic E-state index is 0.631. The molecule has 0 spiro atoms. The summed E-state index contributed by atoms with van der Waals surface area (Å²) >= 11 is 0. The maximum absolute atomic E-state index is 5.71. The summed E-state index contributed by atoms with van der Waals surface area (Å²) < 4.78 is 5.71. The van der Waals surface area contributed by atoms with Crippen molar-refractivity contribution >= 4 is 18.8 Å². The average Bonchev–Trinajstić information content (AvgIpc) is 2.19. The predicted molar refractivity (Wildman–Crippen MR) is 68.2 cm³/mol. The van der Waals surface area contributed by atoms with Gasteiger partial charge in [0.15, 0.2) is 8.32 Å². The zero-order valence-corrected chi connectivity index (χ0v) is 12.6. The van der Waals surface area contributed by atoms with E-state index >= 15 is 0 Å². The quantitative estimate of drug-likeness (QED) is 0.713. The molecule has 1 aromatic rings. The van der Waals surface area contributed by atoms with Gasteiger partial charge >= 0.3 is 0 Å². The highest BCUT2D eigenvalue weighted by molar-refractivity contribution is 6.73. The van der Waals surface area contributed by atoms with Gasteiger partial charge in [-0.1, -0.05) is 37.3 Å². The van der Waals surface area contributed by atoms with Crippen LogP contribution in [0.3, 0.4) is 0 Å². The van der Waals surface area contributed by atoms with E-state index in [1.807, 2.05) is 0 Å². The van der Waals surface area contributed by atoms with Gasteiger partial charge in [-0.25, -0.2) is 0 Å². The van der Waals surface area contributed by atoms with Crippen molar-refractivity contribution < 1.29 is 4.12 Å². The van der Waals surface area contributed by atoms with E-state index in [1.54, 1.807) is 0 Å². The molecule has 1 atom stereocenters. The largest absolute Gasteiger partial charge is 0.463 e. The first kappa shape index (κ1) is 11.7. The van der Waals surface area contributed by atoms with Crippen molar-refractivity contribution in [1.82, 2.24) is 0 Å². The summed E-state index contributed by atoms with van der Waals surface area (Å²) in [6.07, 6.45) is 0. The van der Waals surface area contributed by atoms with Gasteiger partial charge in [0, 0.05) is 0 Å². The van der Waals surface area contributed by atoms with E-state index in [4.69, 9.17) is 4.12 Å². The van der Waals surface area contributed by atoms with E-state index in [1.165, 1.54) is 11.6 Å². The Morgan fingerprint density at radius 3 is 2.36 bits per heavy atom. The molecule has 0 aromatic heterocycles. The standard InChI is InChI=1S/C11H20OSi2/c1-10(9-14(2,3)12-13)11-7-5-4-6-8-11/h4-8,10H,9H2,1-3,13H3. The molecule has 1 nitrogen and oxygen atoms in total. The van der Waals surface area contributed by atoms with Crippen LogP contribution >= 0.6 is 0 Å². The van der Waals surface area contributed by atoms with Gasteiger partial charge in [-0.15, -0.1) is 0 Å². The molecule has 0 saturated carbocycles. The first-order valence-corrected chi connectivity index (χ1v) is 9.08. The van der Waals surface area contributed by atoms with Crippen molar-refractivity contribution in [2.24, 2.45) is 0 Å². The van der Waals surface area contributed by atoms with Crippen LogP contribution in [0.15, 0.2) is 30.3 Å². The molecule has 0 aliphatic rings. The highest BCUT2D eigenvalue weighted by Gasteiger charge is 2.23. The molecular formula is C11H20OSi2. The zero-order valence-electron chi connectivity index (χ0n) is 9.58. The second kappa shape index (κ2) is 4.91. The lowest BCUT2D eigenvalue weighted by Gasteiger charge is -2.24. The third kappa shape index (κ3) is 3.40. The van der Waals surface area contributed by atoms with E-state index in [0.717, 1.165) is 10.5 Å². The molecule has 0 amide bonds. The molecule has 0 fully saturated rings. The van der Waals surface area contributed by atoms with Gasteiger partial charge in [0.05, 0.1) is 0 Å². The summed E-state index contributed by atoms with van der Waals surface area (Å²) in [6, 6.07) is 11.9. The van der Waals surface area contributed by atoms with Gasteiger partial charge in [0.2, 0.25) is 0 Å². The highest BCUT2D eigenvalue weighted by atomic mass is 28.4. The van der Waals surface area contributed by atoms with Crippen LogP contribution in [-0.4, -0.2) is 18.8 Å². The summed E-state index contributed by atoms with van der Waals surface area (Å²) in [5.74, 6) is 0.631. The van der Waals surface area contributed by atoms with Gasteiger partial charge in [0.25, 0.3) is 0 Å². The molecular weight excluding hydrogens is 204 g/mol. The molecule has 1 aromatic carbocycles. The van der Waals surface area contributed by atoms with Crippen molar-refractivity contribution in [2.75, 3.05) is 0 Å². The monoisotopic (exact) mass is 224 g/mol. The van der Waals surface area contributed by atoms with Crippen molar-refractivity contribution in [3.63, 3.8) is 0 Å². The molecule has 1 rings (SSSR count). The smallest absolute Gasteiger partial charge is 0.173 e. The van der Waals surface area contributed by atoms with Gasteiger partial charge in [0.1, 0.15) is 10.5 Å². The van der Waals surface area contributed by atoms with E-state index in [9.17, 15) is 0 Å². The molecule has 0 heterocycles. The number of hydrogen-bond donors (Lipinski definition) is 0. The summed E-state index contributed by atoms with van der Waals surface area (Å²) in [5.41, 5.74) is 1.44. The first-order valence-electron chi connectivity index (χ1n) is 5.15. The molecule has 0 aliphatic heterocycles. The fourth-order valence-electron chi connectivity index (χ4n) is 1.72. The summed E-state index contributed by atoms with van der Waals surface area (Å²) in [5, 5.41) is 0. The van der Waals surface area contributed by atoms with Crippen LogP contribution in [0.1, 0.15) is 18.4 Å². The molecule has 78 valence electrons. The molecule has 0 saturated heterocycles. The van der Waals surface area contributed by atoms with E-state index in [2.05, 4.69) is 50.3 Å². The number of hydrogen-bond acceptors (Lipinski definition) is 1. The Hall–Kier alpha value is -0.386. The molecule has 0 N–H and O–H groups in total.